The summed E-state index contributed by atoms with van der Waals surface area (Å²) < 4.78 is 6.90. The molecule has 2 rings (SSSR count). The third-order valence-electron chi connectivity index (χ3n) is 3.04. The molecule has 0 radical (unpaired) electrons. The van der Waals surface area contributed by atoms with E-state index >= 15 is 0 Å². The first-order valence-electron chi connectivity index (χ1n) is 5.91. The van der Waals surface area contributed by atoms with Gasteiger partial charge in [-0.1, -0.05) is 13.0 Å². The van der Waals surface area contributed by atoms with Crippen LogP contribution in [-0.2, 0) is 6.42 Å². The summed E-state index contributed by atoms with van der Waals surface area (Å²) in [5, 5.41) is 3.35. The van der Waals surface area contributed by atoms with Gasteiger partial charge < -0.3 is 10.1 Å². The van der Waals surface area contributed by atoms with Gasteiger partial charge in [-0.05, 0) is 53.0 Å². The van der Waals surface area contributed by atoms with Gasteiger partial charge in [0.1, 0.15) is 5.75 Å². The minimum absolute atomic E-state index is 0. The average Bonchev–Trinajstić information content (AvgIpc) is 2.80. The Morgan fingerprint density at radius 3 is 2.88 bits per heavy atom. The van der Waals surface area contributed by atoms with Crippen molar-refractivity contribution in [2.24, 2.45) is 5.92 Å². The zero-order chi connectivity index (χ0) is 11.4. The molecule has 96 valence electrons. The molecule has 1 aliphatic rings. The van der Waals surface area contributed by atoms with Gasteiger partial charge in [0.15, 0.2) is 0 Å². The summed E-state index contributed by atoms with van der Waals surface area (Å²) >= 11 is 3.56. The normalized spacial score (nSPS) is 18.8. The van der Waals surface area contributed by atoms with Gasteiger partial charge in [-0.2, -0.15) is 0 Å². The second-order valence-corrected chi connectivity index (χ2v) is 5.14. The number of ether oxygens (including phenoxy) is 1. The van der Waals surface area contributed by atoms with Crippen LogP contribution in [0.2, 0.25) is 0 Å². The van der Waals surface area contributed by atoms with Crippen molar-refractivity contribution in [1.82, 2.24) is 5.32 Å². The molecule has 1 aromatic rings. The highest BCUT2D eigenvalue weighted by Gasteiger charge is 2.15. The van der Waals surface area contributed by atoms with Crippen LogP contribution in [0, 0.1) is 5.92 Å². The first kappa shape index (κ1) is 14.8. The van der Waals surface area contributed by atoms with E-state index in [-0.39, 0.29) is 12.4 Å². The monoisotopic (exact) mass is 319 g/mol. The number of nitrogens with one attached hydrogen (secondary N) is 1. The van der Waals surface area contributed by atoms with Gasteiger partial charge in [0, 0.05) is 12.5 Å². The highest BCUT2D eigenvalue weighted by atomic mass is 79.9. The average molecular weight is 321 g/mol. The number of hydrogen-bond donors (Lipinski definition) is 1. The highest BCUT2D eigenvalue weighted by Crippen LogP contribution is 2.27. The Morgan fingerprint density at radius 2 is 2.29 bits per heavy atom. The van der Waals surface area contributed by atoms with Gasteiger partial charge in [0.25, 0.3) is 0 Å². The lowest BCUT2D eigenvalue weighted by Gasteiger charge is -2.12. The molecule has 1 saturated heterocycles. The number of hydrogen-bond acceptors (Lipinski definition) is 2. The summed E-state index contributed by atoms with van der Waals surface area (Å²) in [5.41, 5.74) is 1.33. The number of aryl methyl sites for hydroxylation is 1. The summed E-state index contributed by atoms with van der Waals surface area (Å²) in [5.74, 6) is 1.63. The third-order valence-corrected chi connectivity index (χ3v) is 3.66. The Labute approximate surface area is 118 Å². The van der Waals surface area contributed by atoms with Crippen molar-refractivity contribution < 1.29 is 4.74 Å². The zero-order valence-electron chi connectivity index (χ0n) is 10.0. The molecule has 0 spiro atoms. The summed E-state index contributed by atoms with van der Waals surface area (Å²) in [6, 6.07) is 6.33. The van der Waals surface area contributed by atoms with Crippen LogP contribution < -0.4 is 10.1 Å². The largest absolute Gasteiger partial charge is 0.492 e. The Balaban J connectivity index is 0.00000144. The lowest BCUT2D eigenvalue weighted by atomic mass is 10.1. The van der Waals surface area contributed by atoms with Crippen molar-refractivity contribution in [3.8, 4) is 5.75 Å². The van der Waals surface area contributed by atoms with E-state index in [4.69, 9.17) is 4.74 Å². The molecule has 1 heterocycles. The number of benzene rings is 1. The standard InChI is InChI=1S/C13H18BrNO.ClH/c1-2-10-3-4-13(12(14)7-10)16-9-11-5-6-15-8-11;/h3-4,7,11,15H,2,5-6,8-9H2,1H3;1H. The van der Waals surface area contributed by atoms with Crippen molar-refractivity contribution in [1.29, 1.82) is 0 Å². The van der Waals surface area contributed by atoms with Crippen molar-refractivity contribution >= 4 is 28.3 Å². The molecule has 2 nitrogen and oxygen atoms in total. The zero-order valence-corrected chi connectivity index (χ0v) is 12.4. The molecule has 0 amide bonds. The van der Waals surface area contributed by atoms with Gasteiger partial charge in [0.2, 0.25) is 0 Å². The molecule has 0 aromatic heterocycles. The molecule has 1 unspecified atom stereocenters. The fourth-order valence-electron chi connectivity index (χ4n) is 1.95. The smallest absolute Gasteiger partial charge is 0.133 e. The van der Waals surface area contributed by atoms with E-state index in [2.05, 4.69) is 46.4 Å². The summed E-state index contributed by atoms with van der Waals surface area (Å²) in [4.78, 5) is 0. The van der Waals surface area contributed by atoms with Crippen LogP contribution in [0.5, 0.6) is 5.75 Å². The van der Waals surface area contributed by atoms with Crippen LogP contribution in [0.25, 0.3) is 0 Å². The Kier molecular flexibility index (Phi) is 6.31. The molecule has 0 bridgehead atoms. The quantitative estimate of drug-likeness (QED) is 0.918. The number of rotatable bonds is 4. The van der Waals surface area contributed by atoms with Crippen LogP contribution in [0.3, 0.4) is 0 Å². The van der Waals surface area contributed by atoms with E-state index in [0.717, 1.165) is 36.3 Å². The number of halogens is 2. The van der Waals surface area contributed by atoms with Crippen molar-refractivity contribution in [2.45, 2.75) is 19.8 Å². The Bertz CT molecular complexity index is 353. The summed E-state index contributed by atoms with van der Waals surface area (Å²) in [7, 11) is 0. The van der Waals surface area contributed by atoms with Gasteiger partial charge in [0.05, 0.1) is 11.1 Å². The van der Waals surface area contributed by atoms with E-state index in [1.54, 1.807) is 0 Å². The van der Waals surface area contributed by atoms with Crippen LogP contribution in [0.1, 0.15) is 18.9 Å². The molecule has 1 aromatic carbocycles. The topological polar surface area (TPSA) is 21.3 Å². The van der Waals surface area contributed by atoms with Crippen LogP contribution in [0.4, 0.5) is 0 Å². The van der Waals surface area contributed by atoms with E-state index in [1.807, 2.05) is 0 Å². The minimum atomic E-state index is 0. The predicted molar refractivity (Wildman–Crippen MR) is 77.2 cm³/mol. The second-order valence-electron chi connectivity index (χ2n) is 4.29. The lowest BCUT2D eigenvalue weighted by Crippen LogP contribution is -2.15. The van der Waals surface area contributed by atoms with Crippen LogP contribution >= 0.6 is 28.3 Å². The third kappa shape index (κ3) is 4.16. The SMILES string of the molecule is CCc1ccc(OCC2CCNC2)c(Br)c1.Cl. The molecule has 1 N–H and O–H groups in total. The molecule has 0 aliphatic carbocycles. The van der Waals surface area contributed by atoms with Gasteiger partial charge in [-0.3, -0.25) is 0 Å². The van der Waals surface area contributed by atoms with E-state index in [0.29, 0.717) is 5.92 Å². The summed E-state index contributed by atoms with van der Waals surface area (Å²) in [6.45, 7) is 5.19. The second kappa shape index (κ2) is 7.24. The molecule has 4 heteroatoms. The molecule has 17 heavy (non-hydrogen) atoms. The molecule has 1 atom stereocenters. The lowest BCUT2D eigenvalue weighted by molar-refractivity contribution is 0.258. The molecule has 0 saturated carbocycles. The minimum Gasteiger partial charge on any atom is -0.492 e. The first-order chi connectivity index (χ1) is 7.79. The van der Waals surface area contributed by atoms with Crippen LogP contribution in [0.15, 0.2) is 22.7 Å². The van der Waals surface area contributed by atoms with E-state index < -0.39 is 0 Å². The van der Waals surface area contributed by atoms with Crippen LogP contribution in [-0.4, -0.2) is 19.7 Å². The molecule has 1 fully saturated rings. The Morgan fingerprint density at radius 1 is 1.47 bits per heavy atom. The van der Waals surface area contributed by atoms with Gasteiger partial charge in [-0.15, -0.1) is 12.4 Å². The maximum absolute atomic E-state index is 5.83. The molecular weight excluding hydrogens is 302 g/mol. The van der Waals surface area contributed by atoms with Gasteiger partial charge >= 0.3 is 0 Å². The van der Waals surface area contributed by atoms with Gasteiger partial charge in [-0.25, -0.2) is 0 Å². The maximum atomic E-state index is 5.83. The van der Waals surface area contributed by atoms with Crippen molar-refractivity contribution in [3.05, 3.63) is 28.2 Å². The highest BCUT2D eigenvalue weighted by molar-refractivity contribution is 9.10. The van der Waals surface area contributed by atoms with E-state index in [9.17, 15) is 0 Å². The molecule has 1 aliphatic heterocycles. The Hall–Kier alpha value is -0.250. The predicted octanol–water partition coefficient (Wildman–Crippen LogP) is 3.42. The fourth-order valence-corrected chi connectivity index (χ4v) is 2.49. The first-order valence-corrected chi connectivity index (χ1v) is 6.71. The van der Waals surface area contributed by atoms with Crippen molar-refractivity contribution in [3.63, 3.8) is 0 Å². The summed E-state index contributed by atoms with van der Waals surface area (Å²) in [6.07, 6.45) is 2.29. The van der Waals surface area contributed by atoms with Crippen molar-refractivity contribution in [2.75, 3.05) is 19.7 Å². The fraction of sp³-hybridized carbons (Fsp3) is 0.538. The maximum Gasteiger partial charge on any atom is 0.133 e. The van der Waals surface area contributed by atoms with E-state index in [1.165, 1.54) is 12.0 Å². The molecular formula is C13H19BrClNO.